The lowest BCUT2D eigenvalue weighted by molar-refractivity contribution is -0.132. The Morgan fingerprint density at radius 3 is 2.20 bits per heavy atom. The number of amides is 2. The maximum atomic E-state index is 13.3. The molecule has 290 valence electrons. The highest BCUT2D eigenvalue weighted by Crippen LogP contribution is 2.47. The number of Topliss-reactive ketones (excluding diaryl/α,β-unsaturated/α-hetero) is 2. The second-order valence-electron chi connectivity index (χ2n) is 13.4. The molecule has 1 aromatic heterocycles. The van der Waals surface area contributed by atoms with Gasteiger partial charge in [0.2, 0.25) is 0 Å². The Morgan fingerprint density at radius 2 is 1.46 bits per heavy atom. The van der Waals surface area contributed by atoms with E-state index in [9.17, 15) is 24.3 Å². The lowest BCUT2D eigenvalue weighted by Gasteiger charge is -2.27. The van der Waals surface area contributed by atoms with Gasteiger partial charge in [-0.3, -0.25) is 24.1 Å². The van der Waals surface area contributed by atoms with Crippen molar-refractivity contribution < 1.29 is 48.0 Å². The third-order valence-corrected chi connectivity index (χ3v) is 11.2. The van der Waals surface area contributed by atoms with Crippen molar-refractivity contribution in [1.29, 1.82) is 0 Å². The van der Waals surface area contributed by atoms with Gasteiger partial charge in [0.05, 0.1) is 61.5 Å². The predicted molar refractivity (Wildman–Crippen MR) is 214 cm³/mol. The highest BCUT2D eigenvalue weighted by molar-refractivity contribution is 9.10. The van der Waals surface area contributed by atoms with E-state index < -0.39 is 17.9 Å². The summed E-state index contributed by atoms with van der Waals surface area (Å²) in [7, 11) is 0. The number of ketones is 2. The number of aryl methyl sites for hydroxylation is 1. The van der Waals surface area contributed by atoms with Gasteiger partial charge in [-0.25, -0.2) is 0 Å². The molecule has 13 heteroatoms. The van der Waals surface area contributed by atoms with Crippen LogP contribution in [0.15, 0.2) is 89.4 Å². The van der Waals surface area contributed by atoms with Gasteiger partial charge in [0.15, 0.2) is 11.5 Å². The molecule has 4 aromatic carbocycles. The molecule has 1 atom stereocenters. The Morgan fingerprint density at radius 1 is 0.768 bits per heavy atom. The summed E-state index contributed by atoms with van der Waals surface area (Å²) in [6, 6.07) is 25.1. The Bertz CT molecular complexity index is 2220. The van der Waals surface area contributed by atoms with Crippen molar-refractivity contribution >= 4 is 60.7 Å². The minimum absolute atomic E-state index is 0.157. The number of phenols is 1. The molecule has 7 rings (SSSR count). The van der Waals surface area contributed by atoms with E-state index in [0.717, 1.165) is 41.2 Å². The lowest BCUT2D eigenvalue weighted by Crippen LogP contribution is -2.47. The number of halogens is 1. The molecule has 0 spiro atoms. The number of hydrogen-bond donors (Lipinski definition) is 1. The molecule has 2 aliphatic rings. The number of imide groups is 1. The maximum Gasteiger partial charge on any atom is 0.262 e. The molecule has 5 aromatic rings. The van der Waals surface area contributed by atoms with Gasteiger partial charge in [-0.2, -0.15) is 0 Å². The van der Waals surface area contributed by atoms with Crippen molar-refractivity contribution in [2.24, 2.45) is 0 Å². The second kappa shape index (κ2) is 18.4. The summed E-state index contributed by atoms with van der Waals surface area (Å²) in [6.07, 6.45) is 1.31. The summed E-state index contributed by atoms with van der Waals surface area (Å²) in [4.78, 5) is 52.5. The van der Waals surface area contributed by atoms with E-state index in [-0.39, 0.29) is 36.6 Å². The second-order valence-corrected chi connectivity index (χ2v) is 15.3. The minimum atomic E-state index is -0.878. The number of carbonyl (C=O) groups excluding carboxylic acids is 4. The van der Waals surface area contributed by atoms with Crippen LogP contribution in [-0.4, -0.2) is 85.7 Å². The number of nitrogens with zero attached hydrogens (tertiary/aromatic N) is 1. The van der Waals surface area contributed by atoms with Crippen molar-refractivity contribution in [2.75, 3.05) is 46.2 Å². The maximum absolute atomic E-state index is 13.3. The van der Waals surface area contributed by atoms with Crippen LogP contribution in [-0.2, 0) is 30.2 Å². The fraction of sp³-hybridized carbons (Fsp3) is 0.302. The van der Waals surface area contributed by atoms with Gasteiger partial charge >= 0.3 is 0 Å². The van der Waals surface area contributed by atoms with Gasteiger partial charge in [0.1, 0.15) is 29.6 Å². The van der Waals surface area contributed by atoms with E-state index in [1.165, 1.54) is 0 Å². The van der Waals surface area contributed by atoms with Gasteiger partial charge in [-0.1, -0.05) is 40.2 Å². The molecule has 1 fully saturated rings. The predicted octanol–water partition coefficient (Wildman–Crippen LogP) is 8.18. The first kappa shape index (κ1) is 39.3. The molecular formula is C43H40BrNO10S. The highest BCUT2D eigenvalue weighted by atomic mass is 79.9. The summed E-state index contributed by atoms with van der Waals surface area (Å²) in [5, 5.41) is 11.0. The molecule has 11 nitrogen and oxygen atoms in total. The Hall–Kier alpha value is -4.92. The average Bonchev–Trinajstić information content (AvgIpc) is 3.67. The topological polar surface area (TPSA) is 138 Å². The molecule has 1 saturated carbocycles. The van der Waals surface area contributed by atoms with E-state index in [0.29, 0.717) is 81.7 Å². The van der Waals surface area contributed by atoms with Crippen LogP contribution >= 0.6 is 27.3 Å². The molecule has 1 N–H and O–H groups in total. The molecule has 1 aliphatic heterocycles. The van der Waals surface area contributed by atoms with Gasteiger partial charge in [0, 0.05) is 27.6 Å². The quantitative estimate of drug-likeness (QED) is 0.0523. The standard InChI is InChI=1S/C43H40BrNO10S/c44-29-8-6-28(7-9-29)41-40(34-16-10-31(47)26-38(34)56-41)55-33-14-12-32(13-15-33)54-24-23-53-22-21-52-20-19-51-18-2-4-27-3-1-5-35-39(27)43(50)45(42(35)49)36-17-11-30(46)25-37(36)48/h1,3,5-10,12-16,26,36,47H,2,4,11,17-25H2. The molecule has 1 unspecified atom stereocenters. The third kappa shape index (κ3) is 9.20. The molecular weight excluding hydrogens is 802 g/mol. The lowest BCUT2D eigenvalue weighted by atomic mass is 9.92. The van der Waals surface area contributed by atoms with Crippen LogP contribution in [0.25, 0.3) is 20.5 Å². The van der Waals surface area contributed by atoms with Crippen molar-refractivity contribution in [2.45, 2.75) is 38.1 Å². The number of aromatic hydroxyl groups is 1. The van der Waals surface area contributed by atoms with Crippen LogP contribution in [0.4, 0.5) is 0 Å². The monoisotopic (exact) mass is 841 g/mol. The molecule has 2 amide bonds. The normalized spacial score (nSPS) is 15.5. The molecule has 56 heavy (non-hydrogen) atoms. The number of ether oxygens (including phenoxy) is 5. The molecule has 2 heterocycles. The number of fused-ring (bicyclic) bond motifs is 2. The largest absolute Gasteiger partial charge is 0.508 e. The fourth-order valence-electron chi connectivity index (χ4n) is 6.80. The molecule has 1 aliphatic carbocycles. The van der Waals surface area contributed by atoms with Crippen LogP contribution in [0.1, 0.15) is 52.0 Å². The van der Waals surface area contributed by atoms with E-state index in [4.69, 9.17) is 23.7 Å². The molecule has 0 radical (unpaired) electrons. The van der Waals surface area contributed by atoms with Crippen LogP contribution in [0.5, 0.6) is 23.0 Å². The minimum Gasteiger partial charge on any atom is -0.508 e. The number of rotatable bonds is 18. The Kier molecular flexibility index (Phi) is 12.9. The van der Waals surface area contributed by atoms with Gasteiger partial charge < -0.3 is 28.8 Å². The summed E-state index contributed by atoms with van der Waals surface area (Å²) in [5.74, 6) is 0.830. The van der Waals surface area contributed by atoms with Gasteiger partial charge in [-0.05, 0) is 91.1 Å². The fourth-order valence-corrected chi connectivity index (χ4v) is 8.23. The smallest absolute Gasteiger partial charge is 0.262 e. The number of benzene rings is 4. The number of thiophene rings is 1. The van der Waals surface area contributed by atoms with Gasteiger partial charge in [0.25, 0.3) is 11.8 Å². The zero-order valence-electron chi connectivity index (χ0n) is 30.5. The SMILES string of the molecule is O=C1CCC(N2C(=O)c3cccc(CCCOCCOCCOCCOc4ccc(Oc5c(-c6ccc(Br)cc6)sc6cc(O)ccc56)cc4)c3C2=O)C(=O)C1. The van der Waals surface area contributed by atoms with Gasteiger partial charge in [-0.15, -0.1) is 11.3 Å². The number of carbonyl (C=O) groups is 4. The Balaban J connectivity index is 0.763. The van der Waals surface area contributed by atoms with Crippen LogP contribution in [0.3, 0.4) is 0 Å². The number of phenolic OH excluding ortho intramolecular Hbond substituents is 1. The average molecular weight is 843 g/mol. The third-order valence-electron chi connectivity index (χ3n) is 9.54. The first-order valence-corrected chi connectivity index (χ1v) is 20.1. The van der Waals surface area contributed by atoms with Crippen molar-refractivity contribution in [3.63, 3.8) is 0 Å². The van der Waals surface area contributed by atoms with E-state index in [1.807, 2.05) is 60.7 Å². The van der Waals surface area contributed by atoms with Crippen molar-refractivity contribution in [1.82, 2.24) is 4.90 Å². The van der Waals surface area contributed by atoms with Crippen LogP contribution in [0.2, 0.25) is 0 Å². The van der Waals surface area contributed by atoms with E-state index in [1.54, 1.807) is 35.6 Å². The zero-order chi connectivity index (χ0) is 39.0. The molecule has 0 saturated heterocycles. The highest BCUT2D eigenvalue weighted by Gasteiger charge is 2.45. The molecule has 0 bridgehead atoms. The zero-order valence-corrected chi connectivity index (χ0v) is 32.9. The first-order valence-electron chi connectivity index (χ1n) is 18.5. The summed E-state index contributed by atoms with van der Waals surface area (Å²) in [6.45, 7) is 2.85. The van der Waals surface area contributed by atoms with E-state index >= 15 is 0 Å². The van der Waals surface area contributed by atoms with Crippen LogP contribution < -0.4 is 9.47 Å². The van der Waals surface area contributed by atoms with E-state index in [2.05, 4.69) is 15.9 Å². The Labute approximate surface area is 336 Å². The number of hydrogen-bond acceptors (Lipinski definition) is 11. The summed E-state index contributed by atoms with van der Waals surface area (Å²) < 4.78 is 31.1. The summed E-state index contributed by atoms with van der Waals surface area (Å²) >= 11 is 5.06. The first-order chi connectivity index (χ1) is 27.3. The summed E-state index contributed by atoms with van der Waals surface area (Å²) in [5.41, 5.74) is 2.41. The van der Waals surface area contributed by atoms with Crippen molar-refractivity contribution in [3.8, 4) is 33.4 Å². The van der Waals surface area contributed by atoms with Crippen molar-refractivity contribution in [3.05, 3.63) is 106 Å². The van der Waals surface area contributed by atoms with Crippen LogP contribution in [0, 0.1) is 0 Å².